The summed E-state index contributed by atoms with van der Waals surface area (Å²) in [6, 6.07) is 4.64. The van der Waals surface area contributed by atoms with Crippen LogP contribution >= 0.6 is 27.5 Å². The van der Waals surface area contributed by atoms with E-state index in [9.17, 15) is 14.3 Å². The van der Waals surface area contributed by atoms with Gasteiger partial charge in [0, 0.05) is 10.7 Å². The first-order valence-corrected chi connectivity index (χ1v) is 6.25. The number of phenolic OH excluding ortho intramolecular Hbond substituents is 1. The molecule has 7 heteroatoms. The predicted molar refractivity (Wildman–Crippen MR) is 73.0 cm³/mol. The molecule has 0 aliphatic rings. The Morgan fingerprint density at radius 1 is 1.42 bits per heavy atom. The molecule has 0 aliphatic heterocycles. The lowest BCUT2D eigenvalue weighted by atomic mass is 10.2. The second-order valence-electron chi connectivity index (χ2n) is 3.61. The molecule has 1 heterocycles. The molecule has 0 atom stereocenters. The predicted octanol–water partition coefficient (Wildman–Crippen LogP) is 3.59. The topological polar surface area (TPSA) is 62.2 Å². The summed E-state index contributed by atoms with van der Waals surface area (Å²) in [6.07, 6.45) is 1.47. The lowest BCUT2D eigenvalue weighted by Gasteiger charge is -2.08. The third-order valence-electron chi connectivity index (χ3n) is 2.26. The summed E-state index contributed by atoms with van der Waals surface area (Å²) in [7, 11) is 0. The highest BCUT2D eigenvalue weighted by Crippen LogP contribution is 2.25. The first-order chi connectivity index (χ1) is 8.97. The van der Waals surface area contributed by atoms with E-state index in [-0.39, 0.29) is 22.2 Å². The van der Waals surface area contributed by atoms with Crippen LogP contribution in [0.5, 0.6) is 5.75 Å². The molecule has 4 nitrogen and oxygen atoms in total. The number of aromatic nitrogens is 1. The summed E-state index contributed by atoms with van der Waals surface area (Å²) in [5.41, 5.74) is 0.0701. The molecular formula is C12H7BrClFN2O2. The molecule has 2 rings (SSSR count). The van der Waals surface area contributed by atoms with Gasteiger partial charge in [-0.25, -0.2) is 9.37 Å². The summed E-state index contributed by atoms with van der Waals surface area (Å²) in [4.78, 5) is 15.7. The number of aromatic hydroxyl groups is 1. The highest BCUT2D eigenvalue weighted by molar-refractivity contribution is 9.10. The molecule has 19 heavy (non-hydrogen) atoms. The number of hydrogen-bond acceptors (Lipinski definition) is 3. The second-order valence-corrected chi connectivity index (χ2v) is 4.88. The highest BCUT2D eigenvalue weighted by atomic mass is 79.9. The van der Waals surface area contributed by atoms with E-state index < -0.39 is 11.7 Å². The van der Waals surface area contributed by atoms with Crippen molar-refractivity contribution in [3.63, 3.8) is 0 Å². The van der Waals surface area contributed by atoms with Gasteiger partial charge < -0.3 is 10.4 Å². The third kappa shape index (κ3) is 3.21. The molecule has 1 amide bonds. The Hall–Kier alpha value is -1.66. The van der Waals surface area contributed by atoms with Crippen molar-refractivity contribution in [2.75, 3.05) is 5.32 Å². The van der Waals surface area contributed by atoms with Crippen molar-refractivity contribution >= 4 is 39.1 Å². The fourth-order valence-corrected chi connectivity index (χ4v) is 1.87. The van der Waals surface area contributed by atoms with Crippen LogP contribution in [0.4, 0.5) is 10.1 Å². The number of halogens is 3. The maximum Gasteiger partial charge on any atom is 0.259 e. The van der Waals surface area contributed by atoms with Crippen LogP contribution in [-0.2, 0) is 0 Å². The monoisotopic (exact) mass is 344 g/mol. The molecule has 0 unspecified atom stereocenters. The van der Waals surface area contributed by atoms with Crippen molar-refractivity contribution in [1.29, 1.82) is 0 Å². The zero-order valence-corrected chi connectivity index (χ0v) is 11.7. The van der Waals surface area contributed by atoms with Gasteiger partial charge >= 0.3 is 0 Å². The maximum absolute atomic E-state index is 13.1. The summed E-state index contributed by atoms with van der Waals surface area (Å²) in [5, 5.41) is 12.1. The normalized spacial score (nSPS) is 10.3. The summed E-state index contributed by atoms with van der Waals surface area (Å²) < 4.78 is 13.7. The van der Waals surface area contributed by atoms with Gasteiger partial charge in [-0.3, -0.25) is 4.79 Å². The quantitative estimate of drug-likeness (QED) is 0.818. The standard InChI is InChI=1S/C12H7BrClFN2O2/c13-6-3-9(11(14)16-5-6)17-12(19)8-4-7(15)1-2-10(8)18/h1-5,18H,(H,17,19). The van der Waals surface area contributed by atoms with E-state index in [0.29, 0.717) is 4.47 Å². The Labute approximate surface area is 121 Å². The van der Waals surface area contributed by atoms with E-state index in [1.165, 1.54) is 6.20 Å². The minimum atomic E-state index is -0.682. The molecule has 0 bridgehead atoms. The number of hydrogen-bond donors (Lipinski definition) is 2. The Kier molecular flexibility index (Phi) is 4.01. The van der Waals surface area contributed by atoms with E-state index in [0.717, 1.165) is 18.2 Å². The molecule has 0 fully saturated rings. The lowest BCUT2D eigenvalue weighted by molar-refractivity contribution is 0.102. The van der Waals surface area contributed by atoms with Crippen LogP contribution in [0.25, 0.3) is 0 Å². The van der Waals surface area contributed by atoms with E-state index >= 15 is 0 Å². The number of carbonyl (C=O) groups is 1. The van der Waals surface area contributed by atoms with Gasteiger partial charge in [-0.2, -0.15) is 0 Å². The number of phenols is 1. The fraction of sp³-hybridized carbons (Fsp3) is 0. The molecule has 1 aromatic heterocycles. The molecule has 2 aromatic rings. The molecule has 0 aliphatic carbocycles. The number of amides is 1. The minimum absolute atomic E-state index is 0.0902. The van der Waals surface area contributed by atoms with Crippen LogP contribution in [0.3, 0.4) is 0 Å². The number of nitrogens with one attached hydrogen (secondary N) is 1. The van der Waals surface area contributed by atoms with Crippen LogP contribution in [0.2, 0.25) is 5.15 Å². The Bertz CT molecular complexity index is 652. The van der Waals surface area contributed by atoms with Crippen molar-refractivity contribution in [3.8, 4) is 5.75 Å². The summed E-state index contributed by atoms with van der Waals surface area (Å²) >= 11 is 9.00. The molecule has 0 saturated heterocycles. The Morgan fingerprint density at radius 2 is 2.16 bits per heavy atom. The average molecular weight is 346 g/mol. The molecule has 0 spiro atoms. The zero-order chi connectivity index (χ0) is 14.0. The minimum Gasteiger partial charge on any atom is -0.507 e. The van der Waals surface area contributed by atoms with Gasteiger partial charge in [-0.1, -0.05) is 11.6 Å². The van der Waals surface area contributed by atoms with Crippen molar-refractivity contribution in [2.24, 2.45) is 0 Å². The van der Waals surface area contributed by atoms with Gasteiger partial charge in [0.15, 0.2) is 5.15 Å². The van der Waals surface area contributed by atoms with Crippen LogP contribution in [-0.4, -0.2) is 16.0 Å². The number of pyridine rings is 1. The van der Waals surface area contributed by atoms with Crippen molar-refractivity contribution in [1.82, 2.24) is 4.98 Å². The summed E-state index contributed by atoms with van der Waals surface area (Å²) in [6.45, 7) is 0. The van der Waals surface area contributed by atoms with Crippen LogP contribution in [0, 0.1) is 5.82 Å². The van der Waals surface area contributed by atoms with Crippen LogP contribution in [0.1, 0.15) is 10.4 Å². The van der Waals surface area contributed by atoms with Crippen LogP contribution in [0.15, 0.2) is 34.9 Å². The van der Waals surface area contributed by atoms with Gasteiger partial charge in [-0.15, -0.1) is 0 Å². The summed E-state index contributed by atoms with van der Waals surface area (Å²) in [5.74, 6) is -1.63. The SMILES string of the molecule is O=C(Nc1cc(Br)cnc1Cl)c1cc(F)ccc1O. The molecule has 2 N–H and O–H groups in total. The van der Waals surface area contributed by atoms with Gasteiger partial charge in [0.25, 0.3) is 5.91 Å². The number of anilines is 1. The van der Waals surface area contributed by atoms with E-state index in [1.807, 2.05) is 0 Å². The first-order valence-electron chi connectivity index (χ1n) is 5.08. The fourth-order valence-electron chi connectivity index (χ4n) is 1.39. The van der Waals surface area contributed by atoms with Crippen molar-refractivity contribution in [3.05, 3.63) is 51.5 Å². The van der Waals surface area contributed by atoms with E-state index in [4.69, 9.17) is 11.6 Å². The Morgan fingerprint density at radius 3 is 2.89 bits per heavy atom. The third-order valence-corrected chi connectivity index (χ3v) is 2.99. The van der Waals surface area contributed by atoms with E-state index in [2.05, 4.69) is 26.2 Å². The second kappa shape index (κ2) is 5.54. The van der Waals surface area contributed by atoms with Crippen molar-refractivity contribution in [2.45, 2.75) is 0 Å². The zero-order valence-electron chi connectivity index (χ0n) is 9.32. The number of carbonyl (C=O) groups excluding carboxylic acids is 1. The number of benzene rings is 1. The largest absolute Gasteiger partial charge is 0.507 e. The van der Waals surface area contributed by atoms with Gasteiger partial charge in [-0.05, 0) is 40.2 Å². The first kappa shape index (κ1) is 13.8. The highest BCUT2D eigenvalue weighted by Gasteiger charge is 2.14. The number of nitrogens with zero attached hydrogens (tertiary/aromatic N) is 1. The Balaban J connectivity index is 2.30. The van der Waals surface area contributed by atoms with E-state index in [1.54, 1.807) is 6.07 Å². The van der Waals surface area contributed by atoms with Gasteiger partial charge in [0.05, 0.1) is 11.3 Å². The molecule has 0 saturated carbocycles. The molecule has 1 aromatic carbocycles. The molecular weight excluding hydrogens is 338 g/mol. The lowest BCUT2D eigenvalue weighted by Crippen LogP contribution is -2.13. The van der Waals surface area contributed by atoms with Crippen molar-refractivity contribution < 1.29 is 14.3 Å². The average Bonchev–Trinajstić information content (AvgIpc) is 2.36. The van der Waals surface area contributed by atoms with Crippen LogP contribution < -0.4 is 5.32 Å². The van der Waals surface area contributed by atoms with Gasteiger partial charge in [0.2, 0.25) is 0 Å². The molecule has 0 radical (unpaired) electrons. The maximum atomic E-state index is 13.1. The smallest absolute Gasteiger partial charge is 0.259 e. The molecule has 98 valence electrons. The number of rotatable bonds is 2. The van der Waals surface area contributed by atoms with Gasteiger partial charge in [0.1, 0.15) is 11.6 Å².